The van der Waals surface area contributed by atoms with Gasteiger partial charge in [-0.3, -0.25) is 14.2 Å². The number of hydrogen-bond donors (Lipinski definition) is 5. The quantitative estimate of drug-likeness (QED) is 0.325. The third-order valence-electron chi connectivity index (χ3n) is 1.52. The van der Waals surface area contributed by atoms with E-state index in [4.69, 9.17) is 20.6 Å². The van der Waals surface area contributed by atoms with Gasteiger partial charge in [-0.15, -0.1) is 0 Å². The first-order valence-electron chi connectivity index (χ1n) is 4.01. The van der Waals surface area contributed by atoms with Gasteiger partial charge in [-0.25, -0.2) is 0 Å². The number of carbonyl (C=O) groups is 2. The van der Waals surface area contributed by atoms with E-state index in [0.717, 1.165) is 0 Å². The number of amides is 1. The summed E-state index contributed by atoms with van der Waals surface area (Å²) < 4.78 is 10.4. The molecule has 0 rings (SSSR count). The highest BCUT2D eigenvalue weighted by molar-refractivity contribution is 7.51. The van der Waals surface area contributed by atoms with Gasteiger partial charge in [0.25, 0.3) is 0 Å². The lowest BCUT2D eigenvalue weighted by molar-refractivity contribution is -0.139. The minimum atomic E-state index is -4.15. The summed E-state index contributed by atoms with van der Waals surface area (Å²) in [5.74, 6) is -2.09. The van der Waals surface area contributed by atoms with Crippen LogP contribution >= 0.6 is 7.60 Å². The number of carboxylic acids is 1. The molecule has 0 aromatic rings. The number of aliphatic carboxylic acids is 1. The molecule has 0 saturated heterocycles. The van der Waals surface area contributed by atoms with Crippen molar-refractivity contribution in [3.8, 4) is 0 Å². The molecular weight excluding hydrogens is 227 g/mol. The summed E-state index contributed by atoms with van der Waals surface area (Å²) in [6, 6.07) is -1.12. The standard InChI is InChI=1S/C6H13N2O6P/c7-6(11)4(3-5(9)10)8-1-2-15(12,13)14/h4,8H,1-3H2,(H2,7,11)(H,9,10)(H2,12,13,14)/t4-/m0/s1. The Labute approximate surface area is 85.6 Å². The van der Waals surface area contributed by atoms with Gasteiger partial charge in [0.15, 0.2) is 0 Å². The zero-order valence-electron chi connectivity index (χ0n) is 7.79. The van der Waals surface area contributed by atoms with Gasteiger partial charge in [0.2, 0.25) is 5.91 Å². The fourth-order valence-electron chi connectivity index (χ4n) is 0.832. The number of carboxylic acid groups (broad SMARTS) is 1. The van der Waals surface area contributed by atoms with Crippen LogP contribution in [0.1, 0.15) is 6.42 Å². The first-order valence-corrected chi connectivity index (χ1v) is 5.81. The molecule has 0 bridgehead atoms. The summed E-state index contributed by atoms with van der Waals surface area (Å²) in [6.07, 6.45) is -0.993. The second-order valence-corrected chi connectivity index (χ2v) is 4.67. The Morgan fingerprint density at radius 1 is 1.40 bits per heavy atom. The zero-order chi connectivity index (χ0) is 12.1. The summed E-state index contributed by atoms with van der Waals surface area (Å²) >= 11 is 0. The van der Waals surface area contributed by atoms with Crippen LogP contribution in [0.25, 0.3) is 0 Å². The summed E-state index contributed by atoms with van der Waals surface area (Å²) in [5, 5.41) is 10.8. The van der Waals surface area contributed by atoms with Crippen molar-refractivity contribution in [3.63, 3.8) is 0 Å². The van der Waals surface area contributed by atoms with Crippen LogP contribution in [0.4, 0.5) is 0 Å². The van der Waals surface area contributed by atoms with Crippen molar-refractivity contribution in [1.29, 1.82) is 0 Å². The van der Waals surface area contributed by atoms with Crippen molar-refractivity contribution in [1.82, 2.24) is 5.32 Å². The predicted octanol–water partition coefficient (Wildman–Crippen LogP) is -1.92. The third kappa shape index (κ3) is 8.07. The first-order chi connectivity index (χ1) is 6.72. The van der Waals surface area contributed by atoms with Gasteiger partial charge in [0, 0.05) is 6.54 Å². The molecule has 0 saturated carbocycles. The van der Waals surface area contributed by atoms with Gasteiger partial charge in [-0.2, -0.15) is 0 Å². The Bertz CT molecular complexity index is 287. The van der Waals surface area contributed by atoms with Crippen molar-refractivity contribution in [3.05, 3.63) is 0 Å². The number of primary amides is 1. The number of hydrogen-bond acceptors (Lipinski definition) is 4. The molecule has 15 heavy (non-hydrogen) atoms. The molecule has 1 atom stereocenters. The van der Waals surface area contributed by atoms with Crippen molar-refractivity contribution in [2.45, 2.75) is 12.5 Å². The maximum atomic E-state index is 10.7. The van der Waals surface area contributed by atoms with E-state index in [1.54, 1.807) is 0 Å². The molecular formula is C6H13N2O6P. The molecule has 0 aromatic carbocycles. The van der Waals surface area contributed by atoms with Gasteiger partial charge in [-0.1, -0.05) is 0 Å². The lowest BCUT2D eigenvalue weighted by Crippen LogP contribution is -2.43. The number of nitrogens with one attached hydrogen (secondary N) is 1. The highest BCUT2D eigenvalue weighted by Gasteiger charge is 2.20. The maximum absolute atomic E-state index is 10.7. The van der Waals surface area contributed by atoms with E-state index in [0.29, 0.717) is 0 Å². The van der Waals surface area contributed by atoms with Crippen LogP contribution in [0.5, 0.6) is 0 Å². The Hall–Kier alpha value is -0.950. The van der Waals surface area contributed by atoms with Crippen LogP contribution in [0.15, 0.2) is 0 Å². The molecule has 8 nitrogen and oxygen atoms in total. The van der Waals surface area contributed by atoms with Crippen LogP contribution in [0.2, 0.25) is 0 Å². The maximum Gasteiger partial charge on any atom is 0.326 e. The number of carbonyl (C=O) groups excluding carboxylic acids is 1. The molecule has 1 amide bonds. The van der Waals surface area contributed by atoms with E-state index < -0.39 is 38.1 Å². The highest BCUT2D eigenvalue weighted by atomic mass is 31.2. The number of rotatable bonds is 7. The molecule has 9 heteroatoms. The minimum absolute atomic E-state index is 0.175. The van der Waals surface area contributed by atoms with Gasteiger partial charge < -0.3 is 25.9 Å². The lowest BCUT2D eigenvalue weighted by atomic mass is 10.2. The van der Waals surface area contributed by atoms with Crippen LogP contribution in [0, 0.1) is 0 Å². The minimum Gasteiger partial charge on any atom is -0.481 e. The van der Waals surface area contributed by atoms with Gasteiger partial charge >= 0.3 is 13.6 Å². The zero-order valence-corrected chi connectivity index (χ0v) is 8.68. The van der Waals surface area contributed by atoms with Crippen molar-refractivity contribution in [2.24, 2.45) is 5.73 Å². The second kappa shape index (κ2) is 5.82. The second-order valence-electron chi connectivity index (χ2n) is 2.90. The van der Waals surface area contributed by atoms with Crippen molar-refractivity contribution in [2.75, 3.05) is 12.7 Å². The smallest absolute Gasteiger partial charge is 0.326 e. The molecule has 0 aliphatic heterocycles. The van der Waals surface area contributed by atoms with E-state index >= 15 is 0 Å². The molecule has 0 fully saturated rings. The van der Waals surface area contributed by atoms with Crippen LogP contribution in [-0.4, -0.2) is 45.5 Å². The first kappa shape index (κ1) is 14.1. The molecule has 0 spiro atoms. The van der Waals surface area contributed by atoms with E-state index in [-0.39, 0.29) is 6.54 Å². The Morgan fingerprint density at radius 3 is 2.27 bits per heavy atom. The normalized spacial score (nSPS) is 13.5. The van der Waals surface area contributed by atoms with Gasteiger partial charge in [0.1, 0.15) is 0 Å². The van der Waals surface area contributed by atoms with E-state index in [2.05, 4.69) is 5.32 Å². The monoisotopic (exact) mass is 240 g/mol. The summed E-state index contributed by atoms with van der Waals surface area (Å²) in [6.45, 7) is -0.175. The lowest BCUT2D eigenvalue weighted by Gasteiger charge is -2.13. The van der Waals surface area contributed by atoms with E-state index in [1.807, 2.05) is 0 Å². The topological polar surface area (TPSA) is 150 Å². The van der Waals surface area contributed by atoms with Gasteiger partial charge in [0.05, 0.1) is 18.6 Å². The molecule has 0 aliphatic rings. The molecule has 0 aromatic heterocycles. The summed E-state index contributed by atoms with van der Waals surface area (Å²) in [7, 11) is -4.15. The molecule has 6 N–H and O–H groups in total. The third-order valence-corrected chi connectivity index (χ3v) is 2.32. The van der Waals surface area contributed by atoms with E-state index in [9.17, 15) is 14.2 Å². The average molecular weight is 240 g/mol. The van der Waals surface area contributed by atoms with Crippen LogP contribution in [-0.2, 0) is 14.2 Å². The fraction of sp³-hybridized carbons (Fsp3) is 0.667. The van der Waals surface area contributed by atoms with Gasteiger partial charge in [-0.05, 0) is 0 Å². The van der Waals surface area contributed by atoms with Crippen molar-refractivity contribution >= 4 is 19.5 Å². The molecule has 0 radical (unpaired) electrons. The average Bonchev–Trinajstić information content (AvgIpc) is 1.99. The Balaban J connectivity index is 4.03. The molecule has 0 heterocycles. The van der Waals surface area contributed by atoms with E-state index in [1.165, 1.54) is 0 Å². The molecule has 88 valence electrons. The Kier molecular flexibility index (Phi) is 5.45. The van der Waals surface area contributed by atoms with Crippen LogP contribution < -0.4 is 11.1 Å². The summed E-state index contributed by atoms with van der Waals surface area (Å²) in [4.78, 5) is 37.9. The van der Waals surface area contributed by atoms with Crippen LogP contribution in [0.3, 0.4) is 0 Å². The number of nitrogens with two attached hydrogens (primary N) is 1. The van der Waals surface area contributed by atoms with Crippen molar-refractivity contribution < 1.29 is 29.0 Å². The molecule has 0 unspecified atom stereocenters. The SMILES string of the molecule is NC(=O)[C@H](CC(=O)O)NCCP(=O)(O)O. The fourth-order valence-corrected chi connectivity index (χ4v) is 1.25. The highest BCUT2D eigenvalue weighted by Crippen LogP contribution is 2.32. The predicted molar refractivity (Wildman–Crippen MR) is 50.1 cm³/mol. The summed E-state index contributed by atoms with van der Waals surface area (Å²) in [5.41, 5.74) is 4.88. The molecule has 0 aliphatic carbocycles. The largest absolute Gasteiger partial charge is 0.481 e. The Morgan fingerprint density at radius 2 is 1.93 bits per heavy atom.